The first-order valence-electron chi connectivity index (χ1n) is 9.73. The van der Waals surface area contributed by atoms with Crippen LogP contribution in [0.25, 0.3) is 0 Å². The number of ketones is 1. The van der Waals surface area contributed by atoms with Crippen molar-refractivity contribution in [3.05, 3.63) is 35.4 Å². The first kappa shape index (κ1) is 22.0. The molecule has 0 aromatic heterocycles. The Kier molecular flexibility index (Phi) is 7.52. The Balaban J connectivity index is 1.99. The van der Waals surface area contributed by atoms with Crippen LogP contribution >= 0.6 is 11.8 Å². The second-order valence-corrected chi connectivity index (χ2v) is 10.0. The normalized spacial score (nSPS) is 21.5. The Morgan fingerprint density at radius 2 is 1.89 bits per heavy atom. The van der Waals surface area contributed by atoms with Crippen LogP contribution in [-0.2, 0) is 25.5 Å². The number of ether oxygens (including phenoxy) is 1. The third kappa shape index (κ3) is 6.35. The second kappa shape index (κ2) is 9.24. The lowest BCUT2D eigenvalue weighted by molar-refractivity contribution is -0.126. The maximum atomic E-state index is 12.8. The molecule has 1 aliphatic rings. The molecule has 3 unspecified atom stereocenters. The van der Waals surface area contributed by atoms with Gasteiger partial charge in [0.1, 0.15) is 12.6 Å². The van der Waals surface area contributed by atoms with Crippen molar-refractivity contribution in [1.29, 1.82) is 0 Å². The Morgan fingerprint density at radius 3 is 2.37 bits per heavy atom. The lowest BCUT2D eigenvalue weighted by Crippen LogP contribution is -2.47. The number of rotatable bonds is 7. The molecule has 0 bridgehead atoms. The van der Waals surface area contributed by atoms with Gasteiger partial charge in [0.05, 0.1) is 11.4 Å². The molecule has 1 N–H and O–H groups in total. The molecule has 1 aromatic carbocycles. The number of carbonyl (C=O) groups is 2. The van der Waals surface area contributed by atoms with E-state index in [-0.39, 0.29) is 35.1 Å². The largest absolute Gasteiger partial charge is 0.368 e. The molecule has 2 rings (SSSR count). The van der Waals surface area contributed by atoms with Gasteiger partial charge >= 0.3 is 0 Å². The summed E-state index contributed by atoms with van der Waals surface area (Å²) in [6.07, 6.45) is 0.531. The van der Waals surface area contributed by atoms with E-state index in [0.29, 0.717) is 5.92 Å². The fourth-order valence-corrected chi connectivity index (χ4v) is 4.41. The van der Waals surface area contributed by atoms with Crippen molar-refractivity contribution in [2.24, 2.45) is 5.92 Å². The Hall–Kier alpha value is -1.33. The Bertz CT molecular complexity index is 649. The number of benzene rings is 1. The van der Waals surface area contributed by atoms with Gasteiger partial charge in [0.2, 0.25) is 5.91 Å². The highest BCUT2D eigenvalue weighted by atomic mass is 32.2. The first-order valence-corrected chi connectivity index (χ1v) is 10.8. The van der Waals surface area contributed by atoms with Gasteiger partial charge in [-0.3, -0.25) is 9.59 Å². The summed E-state index contributed by atoms with van der Waals surface area (Å²) >= 11 is 1.65. The third-order valence-electron chi connectivity index (χ3n) is 4.85. The molecule has 27 heavy (non-hydrogen) atoms. The van der Waals surface area contributed by atoms with E-state index in [1.807, 2.05) is 6.92 Å². The summed E-state index contributed by atoms with van der Waals surface area (Å²) in [6.45, 7) is 12.8. The van der Waals surface area contributed by atoms with Crippen molar-refractivity contribution < 1.29 is 14.3 Å². The number of nitrogens with one attached hydrogen (secondary N) is 1. The predicted octanol–water partition coefficient (Wildman–Crippen LogP) is 4.10. The van der Waals surface area contributed by atoms with Crippen LogP contribution in [0.2, 0.25) is 0 Å². The number of thioether (sulfide) groups is 1. The summed E-state index contributed by atoms with van der Waals surface area (Å²) in [6, 6.07) is 8.12. The molecule has 1 aliphatic heterocycles. The molecule has 0 saturated carbocycles. The van der Waals surface area contributed by atoms with Crippen LogP contribution in [0.15, 0.2) is 24.3 Å². The van der Waals surface area contributed by atoms with E-state index in [0.717, 1.165) is 12.2 Å². The van der Waals surface area contributed by atoms with E-state index in [9.17, 15) is 9.59 Å². The zero-order chi connectivity index (χ0) is 20.2. The van der Waals surface area contributed by atoms with E-state index in [2.05, 4.69) is 64.2 Å². The van der Waals surface area contributed by atoms with Crippen molar-refractivity contribution in [2.75, 3.05) is 6.61 Å². The van der Waals surface area contributed by atoms with E-state index >= 15 is 0 Å². The minimum absolute atomic E-state index is 0.0399. The maximum absolute atomic E-state index is 12.8. The number of hydrogen-bond acceptors (Lipinski definition) is 4. The zero-order valence-corrected chi connectivity index (χ0v) is 18.2. The summed E-state index contributed by atoms with van der Waals surface area (Å²) in [7, 11) is 0. The third-order valence-corrected chi connectivity index (χ3v) is 6.16. The van der Waals surface area contributed by atoms with Crippen LogP contribution in [0.1, 0.15) is 59.1 Å². The van der Waals surface area contributed by atoms with Crippen LogP contribution < -0.4 is 5.32 Å². The molecular formula is C22H33NO3S. The molecule has 4 nitrogen and oxygen atoms in total. The summed E-state index contributed by atoms with van der Waals surface area (Å²) < 4.78 is 5.34. The fraction of sp³-hybridized carbons (Fsp3) is 0.636. The molecule has 5 heteroatoms. The lowest BCUT2D eigenvalue weighted by Gasteiger charge is -2.22. The van der Waals surface area contributed by atoms with E-state index in [1.54, 1.807) is 11.8 Å². The highest BCUT2D eigenvalue weighted by Gasteiger charge is 2.35. The summed E-state index contributed by atoms with van der Waals surface area (Å²) in [5.74, 6) is 1.09. The minimum Gasteiger partial charge on any atom is -0.368 e. The predicted molar refractivity (Wildman–Crippen MR) is 112 cm³/mol. The topological polar surface area (TPSA) is 55.4 Å². The Labute approximate surface area is 167 Å². The van der Waals surface area contributed by atoms with Crippen molar-refractivity contribution >= 4 is 23.5 Å². The van der Waals surface area contributed by atoms with E-state index in [1.165, 1.54) is 11.1 Å². The summed E-state index contributed by atoms with van der Waals surface area (Å²) in [4.78, 5) is 24.7. The molecule has 1 fully saturated rings. The van der Waals surface area contributed by atoms with Crippen LogP contribution in [0.3, 0.4) is 0 Å². The highest BCUT2D eigenvalue weighted by molar-refractivity contribution is 7.99. The standard InChI is InChI=1S/C22H33NO3S/c1-14(2)11-19(21(25)23-20-15(3)26-12-18(20)24)27-13-16-7-9-17(10-8-16)22(4,5)6/h7-10,14-15,19-20H,11-13H2,1-6H3,(H,23,25). The van der Waals surface area contributed by atoms with Gasteiger partial charge in [-0.2, -0.15) is 0 Å². The van der Waals surface area contributed by atoms with Gasteiger partial charge in [0, 0.05) is 5.75 Å². The molecule has 0 spiro atoms. The number of carbonyl (C=O) groups excluding carboxylic acids is 2. The van der Waals surface area contributed by atoms with E-state index < -0.39 is 6.04 Å². The molecule has 0 radical (unpaired) electrons. The second-order valence-electron chi connectivity index (χ2n) is 8.84. The van der Waals surface area contributed by atoms with Crippen molar-refractivity contribution in [2.45, 2.75) is 76.5 Å². The van der Waals surface area contributed by atoms with Crippen molar-refractivity contribution in [3.8, 4) is 0 Å². The molecule has 1 saturated heterocycles. The van der Waals surface area contributed by atoms with Gasteiger partial charge in [0.15, 0.2) is 5.78 Å². The SMILES string of the molecule is CC(C)CC(SCc1ccc(C(C)(C)C)cc1)C(=O)NC1C(=O)COC1C. The number of amides is 1. The molecule has 150 valence electrons. The van der Waals surface area contributed by atoms with Gasteiger partial charge in [-0.05, 0) is 35.8 Å². The minimum atomic E-state index is -0.515. The number of Topliss-reactive ketones (excluding diaryl/α,β-unsaturated/α-hetero) is 1. The van der Waals surface area contributed by atoms with Gasteiger partial charge in [-0.25, -0.2) is 0 Å². The van der Waals surface area contributed by atoms with Gasteiger partial charge in [0.25, 0.3) is 0 Å². The van der Waals surface area contributed by atoms with Crippen LogP contribution in [0, 0.1) is 5.92 Å². The van der Waals surface area contributed by atoms with Gasteiger partial charge in [-0.1, -0.05) is 58.9 Å². The van der Waals surface area contributed by atoms with Crippen LogP contribution in [0.5, 0.6) is 0 Å². The maximum Gasteiger partial charge on any atom is 0.233 e. The summed E-state index contributed by atoms with van der Waals surface area (Å²) in [5, 5.41) is 2.74. The lowest BCUT2D eigenvalue weighted by atomic mass is 9.87. The Morgan fingerprint density at radius 1 is 1.26 bits per heavy atom. The van der Waals surface area contributed by atoms with Crippen molar-refractivity contribution in [1.82, 2.24) is 5.32 Å². The van der Waals surface area contributed by atoms with Crippen LogP contribution in [-0.4, -0.2) is 35.7 Å². The molecule has 0 aliphatic carbocycles. The van der Waals surface area contributed by atoms with E-state index in [4.69, 9.17) is 4.74 Å². The molecular weight excluding hydrogens is 358 g/mol. The number of hydrogen-bond donors (Lipinski definition) is 1. The molecule has 3 atom stereocenters. The average Bonchev–Trinajstić information content (AvgIpc) is 2.89. The van der Waals surface area contributed by atoms with Crippen LogP contribution in [0.4, 0.5) is 0 Å². The molecule has 1 aromatic rings. The first-order chi connectivity index (χ1) is 12.6. The average molecular weight is 392 g/mol. The molecule has 1 amide bonds. The van der Waals surface area contributed by atoms with Gasteiger partial charge in [-0.15, -0.1) is 11.8 Å². The summed E-state index contributed by atoms with van der Waals surface area (Å²) in [5.41, 5.74) is 2.66. The highest BCUT2D eigenvalue weighted by Crippen LogP contribution is 2.27. The monoisotopic (exact) mass is 391 g/mol. The fourth-order valence-electron chi connectivity index (χ4n) is 3.08. The van der Waals surface area contributed by atoms with Gasteiger partial charge < -0.3 is 10.1 Å². The zero-order valence-electron chi connectivity index (χ0n) is 17.4. The smallest absolute Gasteiger partial charge is 0.233 e. The molecule has 1 heterocycles. The quantitative estimate of drug-likeness (QED) is 0.760. The van der Waals surface area contributed by atoms with Crippen molar-refractivity contribution in [3.63, 3.8) is 0 Å².